The van der Waals surface area contributed by atoms with Crippen molar-refractivity contribution in [1.29, 1.82) is 5.26 Å². The molecule has 2 heterocycles. The zero-order valence-corrected chi connectivity index (χ0v) is 9.89. The third-order valence-corrected chi connectivity index (χ3v) is 4.13. The highest BCUT2D eigenvalue weighted by molar-refractivity contribution is 5.46. The number of nitrogens with two attached hydrogens (primary N) is 1. The first-order valence-electron chi connectivity index (χ1n) is 6.33. The molecule has 2 aliphatic heterocycles. The molecule has 3 rings (SSSR count). The van der Waals surface area contributed by atoms with Crippen LogP contribution in [0.5, 0.6) is 0 Å². The van der Waals surface area contributed by atoms with Crippen LogP contribution in [0.2, 0.25) is 0 Å². The van der Waals surface area contributed by atoms with Gasteiger partial charge in [0.1, 0.15) is 0 Å². The molecular formula is C14H17N3. The fourth-order valence-corrected chi connectivity index (χ4v) is 3.23. The highest BCUT2D eigenvalue weighted by Gasteiger charge is 2.34. The van der Waals surface area contributed by atoms with Gasteiger partial charge in [-0.1, -0.05) is 18.6 Å². The van der Waals surface area contributed by atoms with E-state index in [1.807, 2.05) is 12.1 Å². The Balaban J connectivity index is 2.06. The topological polar surface area (TPSA) is 53.0 Å². The van der Waals surface area contributed by atoms with Crippen LogP contribution in [0.1, 0.15) is 42.0 Å². The molecule has 1 saturated heterocycles. The number of hydrogen-bond donors (Lipinski definition) is 1. The molecule has 0 spiro atoms. The van der Waals surface area contributed by atoms with Gasteiger partial charge in [-0.05, 0) is 36.6 Å². The van der Waals surface area contributed by atoms with E-state index >= 15 is 0 Å². The first kappa shape index (κ1) is 10.8. The predicted molar refractivity (Wildman–Crippen MR) is 66.1 cm³/mol. The lowest BCUT2D eigenvalue weighted by Crippen LogP contribution is -2.49. The number of rotatable bonds is 0. The first-order valence-corrected chi connectivity index (χ1v) is 6.33. The molecule has 0 aromatic heterocycles. The van der Waals surface area contributed by atoms with E-state index in [-0.39, 0.29) is 6.04 Å². The van der Waals surface area contributed by atoms with Crippen LogP contribution in [0.3, 0.4) is 0 Å². The van der Waals surface area contributed by atoms with Crippen molar-refractivity contribution in [2.45, 2.75) is 37.9 Å². The Morgan fingerprint density at radius 2 is 2.24 bits per heavy atom. The van der Waals surface area contributed by atoms with E-state index in [4.69, 9.17) is 11.0 Å². The third-order valence-electron chi connectivity index (χ3n) is 4.13. The molecule has 2 atom stereocenters. The van der Waals surface area contributed by atoms with Gasteiger partial charge in [0.2, 0.25) is 0 Å². The minimum absolute atomic E-state index is 0.0762. The summed E-state index contributed by atoms with van der Waals surface area (Å²) in [5.74, 6) is 0. The molecule has 3 heteroatoms. The maximum atomic E-state index is 9.17. The summed E-state index contributed by atoms with van der Waals surface area (Å²) in [4.78, 5) is 2.46. The summed E-state index contributed by atoms with van der Waals surface area (Å²) in [7, 11) is 0. The molecule has 1 fully saturated rings. The summed E-state index contributed by atoms with van der Waals surface area (Å²) < 4.78 is 0. The van der Waals surface area contributed by atoms with Crippen molar-refractivity contribution < 1.29 is 0 Å². The van der Waals surface area contributed by atoms with Crippen LogP contribution in [0.4, 0.5) is 0 Å². The van der Waals surface area contributed by atoms with Crippen molar-refractivity contribution in [1.82, 2.24) is 4.90 Å². The molecule has 2 N–H and O–H groups in total. The van der Waals surface area contributed by atoms with Crippen molar-refractivity contribution in [3.8, 4) is 6.07 Å². The van der Waals surface area contributed by atoms with E-state index in [1.54, 1.807) is 0 Å². The molecule has 0 saturated carbocycles. The second kappa shape index (κ2) is 4.14. The van der Waals surface area contributed by atoms with Gasteiger partial charge in [-0.2, -0.15) is 5.26 Å². The molecular weight excluding hydrogens is 210 g/mol. The van der Waals surface area contributed by atoms with Crippen LogP contribution in [0.15, 0.2) is 18.2 Å². The SMILES string of the molecule is N#Cc1cccc2c1CN1CCCCC1C2N. The lowest BCUT2D eigenvalue weighted by molar-refractivity contribution is 0.104. The van der Waals surface area contributed by atoms with Crippen LogP contribution >= 0.6 is 0 Å². The van der Waals surface area contributed by atoms with E-state index in [9.17, 15) is 0 Å². The average molecular weight is 227 g/mol. The van der Waals surface area contributed by atoms with E-state index in [1.165, 1.54) is 24.8 Å². The van der Waals surface area contributed by atoms with Gasteiger partial charge in [0.25, 0.3) is 0 Å². The van der Waals surface area contributed by atoms with E-state index in [0.29, 0.717) is 6.04 Å². The average Bonchev–Trinajstić information content (AvgIpc) is 2.38. The number of benzene rings is 1. The minimum atomic E-state index is 0.0762. The molecule has 0 bridgehead atoms. The summed E-state index contributed by atoms with van der Waals surface area (Å²) in [6.45, 7) is 2.02. The summed E-state index contributed by atoms with van der Waals surface area (Å²) in [5, 5.41) is 9.17. The number of nitriles is 1. The summed E-state index contributed by atoms with van der Waals surface area (Å²) in [5.41, 5.74) is 9.51. The van der Waals surface area contributed by atoms with Crippen LogP contribution in [0.25, 0.3) is 0 Å². The Kier molecular flexibility index (Phi) is 2.62. The monoisotopic (exact) mass is 227 g/mol. The fraction of sp³-hybridized carbons (Fsp3) is 0.500. The van der Waals surface area contributed by atoms with E-state index in [2.05, 4.69) is 17.0 Å². The lowest BCUT2D eigenvalue weighted by Gasteiger charge is -2.44. The summed E-state index contributed by atoms with van der Waals surface area (Å²) in [6, 6.07) is 8.79. The molecule has 3 nitrogen and oxygen atoms in total. The van der Waals surface area contributed by atoms with Crippen LogP contribution in [-0.2, 0) is 6.54 Å². The predicted octanol–water partition coefficient (Wildman–Crippen LogP) is 1.93. The molecule has 0 radical (unpaired) electrons. The second-order valence-electron chi connectivity index (χ2n) is 5.04. The van der Waals surface area contributed by atoms with Gasteiger partial charge < -0.3 is 5.73 Å². The maximum Gasteiger partial charge on any atom is 0.0995 e. The Morgan fingerprint density at radius 3 is 3.06 bits per heavy atom. The number of piperidine rings is 1. The van der Waals surface area contributed by atoms with Gasteiger partial charge in [0, 0.05) is 18.6 Å². The zero-order chi connectivity index (χ0) is 11.8. The summed E-state index contributed by atoms with van der Waals surface area (Å²) in [6.07, 6.45) is 3.73. The number of fused-ring (bicyclic) bond motifs is 2. The molecule has 88 valence electrons. The molecule has 2 aliphatic rings. The zero-order valence-electron chi connectivity index (χ0n) is 9.89. The van der Waals surface area contributed by atoms with Crippen LogP contribution in [0, 0.1) is 11.3 Å². The number of nitrogens with zero attached hydrogens (tertiary/aromatic N) is 2. The van der Waals surface area contributed by atoms with Gasteiger partial charge >= 0.3 is 0 Å². The minimum Gasteiger partial charge on any atom is -0.323 e. The van der Waals surface area contributed by atoms with Crippen molar-refractivity contribution in [2.75, 3.05) is 6.54 Å². The molecule has 17 heavy (non-hydrogen) atoms. The standard InChI is InChI=1S/C14H17N3/c15-8-10-4-3-5-11-12(10)9-17-7-2-1-6-13(17)14(11)16/h3-5,13-14H,1-2,6-7,9,16H2. The van der Waals surface area contributed by atoms with E-state index < -0.39 is 0 Å². The largest absolute Gasteiger partial charge is 0.323 e. The maximum absolute atomic E-state index is 9.17. The molecule has 0 amide bonds. The second-order valence-corrected chi connectivity index (χ2v) is 5.04. The van der Waals surface area contributed by atoms with E-state index in [0.717, 1.165) is 24.2 Å². The molecule has 1 aromatic carbocycles. The van der Waals surface area contributed by atoms with Gasteiger partial charge in [0.15, 0.2) is 0 Å². The third kappa shape index (κ3) is 1.65. The van der Waals surface area contributed by atoms with Crippen molar-refractivity contribution in [2.24, 2.45) is 5.73 Å². The van der Waals surface area contributed by atoms with Crippen LogP contribution in [-0.4, -0.2) is 17.5 Å². The molecule has 1 aromatic rings. The van der Waals surface area contributed by atoms with Gasteiger partial charge in [-0.25, -0.2) is 0 Å². The van der Waals surface area contributed by atoms with Gasteiger partial charge in [-0.3, -0.25) is 4.90 Å². The van der Waals surface area contributed by atoms with Crippen LogP contribution < -0.4 is 5.73 Å². The Labute approximate surface area is 102 Å². The lowest BCUT2D eigenvalue weighted by atomic mass is 9.83. The summed E-state index contributed by atoms with van der Waals surface area (Å²) >= 11 is 0. The first-order chi connectivity index (χ1) is 8.31. The Bertz CT molecular complexity index is 475. The number of hydrogen-bond acceptors (Lipinski definition) is 3. The highest BCUT2D eigenvalue weighted by atomic mass is 15.2. The van der Waals surface area contributed by atoms with Crippen molar-refractivity contribution >= 4 is 0 Å². The quantitative estimate of drug-likeness (QED) is 0.736. The normalized spacial score (nSPS) is 28.0. The van der Waals surface area contributed by atoms with Crippen molar-refractivity contribution in [3.05, 3.63) is 34.9 Å². The van der Waals surface area contributed by atoms with Gasteiger partial charge in [-0.15, -0.1) is 0 Å². The smallest absolute Gasteiger partial charge is 0.0995 e. The fourth-order valence-electron chi connectivity index (χ4n) is 3.23. The van der Waals surface area contributed by atoms with Gasteiger partial charge in [0.05, 0.1) is 11.6 Å². The Morgan fingerprint density at radius 1 is 1.35 bits per heavy atom. The molecule has 0 aliphatic carbocycles. The molecule has 2 unspecified atom stereocenters. The Hall–Kier alpha value is -1.37. The van der Waals surface area contributed by atoms with Crippen molar-refractivity contribution in [3.63, 3.8) is 0 Å². The highest BCUT2D eigenvalue weighted by Crippen LogP contribution is 2.36.